The molecular weight excluding hydrogens is 302 g/mol. The van der Waals surface area contributed by atoms with Crippen molar-refractivity contribution in [2.24, 2.45) is 26.8 Å². The van der Waals surface area contributed by atoms with Gasteiger partial charge in [-0.2, -0.15) is 0 Å². The lowest BCUT2D eigenvalue weighted by Gasteiger charge is -2.34. The Morgan fingerprint density at radius 2 is 2.00 bits per heavy atom. The number of hydrogen-bond donors (Lipinski definition) is 1. The molecule has 2 atom stereocenters. The topological polar surface area (TPSA) is 36.8 Å². The first-order chi connectivity index (χ1) is 11.0. The predicted octanol–water partition coefficient (Wildman–Crippen LogP) is 4.88. The Bertz CT molecular complexity index is 717. The van der Waals surface area contributed by atoms with Gasteiger partial charge in [0.2, 0.25) is 5.17 Å². The van der Waals surface area contributed by atoms with E-state index in [9.17, 15) is 0 Å². The van der Waals surface area contributed by atoms with Crippen molar-refractivity contribution in [1.29, 1.82) is 0 Å². The molecule has 1 aromatic carbocycles. The predicted molar refractivity (Wildman–Crippen MR) is 99.2 cm³/mol. The van der Waals surface area contributed by atoms with Crippen molar-refractivity contribution in [1.82, 2.24) is 5.43 Å². The molecule has 2 fully saturated rings. The summed E-state index contributed by atoms with van der Waals surface area (Å²) in [6, 6.07) is 10.3. The highest BCUT2D eigenvalue weighted by Crippen LogP contribution is 2.64. The molecule has 3 nitrogen and oxygen atoms in total. The summed E-state index contributed by atoms with van der Waals surface area (Å²) in [7, 11) is 0. The Morgan fingerprint density at radius 3 is 2.57 bits per heavy atom. The minimum absolute atomic E-state index is 0.240. The molecule has 0 spiro atoms. The molecule has 4 rings (SSSR count). The molecule has 1 N–H and O–H groups in total. The van der Waals surface area contributed by atoms with Crippen LogP contribution in [0.2, 0.25) is 0 Å². The fraction of sp³-hybridized carbons (Fsp3) is 0.474. The molecule has 2 bridgehead atoms. The van der Waals surface area contributed by atoms with Gasteiger partial charge < -0.3 is 0 Å². The highest BCUT2D eigenvalue weighted by molar-refractivity contribution is 8.16. The van der Waals surface area contributed by atoms with Crippen molar-refractivity contribution in [2.75, 3.05) is 0 Å². The van der Waals surface area contributed by atoms with Crippen molar-refractivity contribution in [3.63, 3.8) is 0 Å². The van der Waals surface area contributed by atoms with Crippen LogP contribution in [0, 0.1) is 16.7 Å². The zero-order valence-electron chi connectivity index (χ0n) is 14.0. The second kappa shape index (κ2) is 5.23. The molecule has 0 amide bonds. The number of benzene rings is 1. The van der Waals surface area contributed by atoms with Crippen molar-refractivity contribution >= 4 is 28.3 Å². The van der Waals surface area contributed by atoms with E-state index in [0.29, 0.717) is 5.41 Å². The third-order valence-corrected chi connectivity index (χ3v) is 7.13. The van der Waals surface area contributed by atoms with Crippen molar-refractivity contribution < 1.29 is 0 Å². The van der Waals surface area contributed by atoms with Gasteiger partial charge in [-0.25, -0.2) is 4.99 Å². The van der Waals surface area contributed by atoms with Gasteiger partial charge in [-0.15, -0.1) is 5.10 Å². The minimum atomic E-state index is 0.240. The molecule has 23 heavy (non-hydrogen) atoms. The van der Waals surface area contributed by atoms with Gasteiger partial charge in [-0.05, 0) is 30.6 Å². The number of hydrazone groups is 1. The molecule has 1 aliphatic heterocycles. The molecule has 120 valence electrons. The fourth-order valence-corrected chi connectivity index (χ4v) is 4.96. The molecule has 2 saturated carbocycles. The van der Waals surface area contributed by atoms with Crippen molar-refractivity contribution in [2.45, 2.75) is 40.0 Å². The van der Waals surface area contributed by atoms with Gasteiger partial charge in [-0.1, -0.05) is 62.9 Å². The normalized spacial score (nSPS) is 33.3. The van der Waals surface area contributed by atoms with Crippen LogP contribution in [0.4, 0.5) is 0 Å². The smallest absolute Gasteiger partial charge is 0.210 e. The van der Waals surface area contributed by atoms with Crippen LogP contribution in [-0.4, -0.2) is 10.9 Å². The van der Waals surface area contributed by atoms with Crippen LogP contribution in [0.5, 0.6) is 0 Å². The van der Waals surface area contributed by atoms with E-state index in [4.69, 9.17) is 4.99 Å². The third kappa shape index (κ3) is 2.26. The molecule has 1 heterocycles. The number of nitrogens with one attached hydrogen (secondary N) is 1. The Kier molecular flexibility index (Phi) is 3.41. The number of aliphatic imine (C=N–C) groups is 1. The second-order valence-corrected chi connectivity index (χ2v) is 8.41. The quantitative estimate of drug-likeness (QED) is 0.799. The first-order valence-corrected chi connectivity index (χ1v) is 9.23. The summed E-state index contributed by atoms with van der Waals surface area (Å²) in [5, 5.41) is 7.44. The maximum atomic E-state index is 4.94. The number of fused-ring (bicyclic) bond motifs is 2. The summed E-state index contributed by atoms with van der Waals surface area (Å²) in [5.74, 6) is 0.781. The summed E-state index contributed by atoms with van der Waals surface area (Å²) in [6.07, 6.45) is 3.75. The van der Waals surface area contributed by atoms with E-state index in [0.717, 1.165) is 28.8 Å². The van der Waals surface area contributed by atoms with E-state index in [-0.39, 0.29) is 5.41 Å². The first-order valence-electron chi connectivity index (χ1n) is 8.35. The van der Waals surface area contributed by atoms with E-state index in [1.54, 1.807) is 11.8 Å². The molecule has 0 saturated heterocycles. The number of hydrogen-bond acceptors (Lipinski definition) is 4. The molecule has 2 aliphatic carbocycles. The molecular formula is C19H23N3S. The number of amidine groups is 1. The van der Waals surface area contributed by atoms with Crippen molar-refractivity contribution in [3.8, 4) is 0 Å². The highest BCUT2D eigenvalue weighted by Gasteiger charge is 2.59. The Labute approximate surface area is 142 Å². The van der Waals surface area contributed by atoms with Gasteiger partial charge in [0.25, 0.3) is 0 Å². The summed E-state index contributed by atoms with van der Waals surface area (Å²) in [4.78, 5) is 4.94. The minimum Gasteiger partial charge on any atom is -0.275 e. The average molecular weight is 325 g/mol. The molecule has 3 aliphatic rings. The van der Waals surface area contributed by atoms with E-state index < -0.39 is 0 Å². The zero-order chi connectivity index (χ0) is 16.1. The molecule has 0 aromatic heterocycles. The summed E-state index contributed by atoms with van der Waals surface area (Å²) in [5.41, 5.74) is 7.31. The SMILES string of the molecule is CC1(C)[C@H]2CC[C@]1(C)C(=NC1=NNC(c3ccccc3)=CS1)C2. The Balaban J connectivity index is 1.53. The van der Waals surface area contributed by atoms with Gasteiger partial charge in [0, 0.05) is 22.1 Å². The van der Waals surface area contributed by atoms with Gasteiger partial charge in [-0.3, -0.25) is 5.43 Å². The lowest BCUT2D eigenvalue weighted by atomic mass is 9.70. The summed E-state index contributed by atoms with van der Waals surface area (Å²) in [6.45, 7) is 7.22. The largest absolute Gasteiger partial charge is 0.275 e. The maximum absolute atomic E-state index is 4.94. The number of nitrogens with zero attached hydrogens (tertiary/aromatic N) is 2. The van der Waals surface area contributed by atoms with Crippen LogP contribution in [0.15, 0.2) is 45.8 Å². The van der Waals surface area contributed by atoms with E-state index in [2.05, 4.69) is 48.8 Å². The molecule has 0 unspecified atom stereocenters. The Morgan fingerprint density at radius 1 is 1.22 bits per heavy atom. The van der Waals surface area contributed by atoms with Crippen LogP contribution < -0.4 is 5.43 Å². The van der Waals surface area contributed by atoms with Crippen molar-refractivity contribution in [3.05, 3.63) is 41.3 Å². The highest BCUT2D eigenvalue weighted by atomic mass is 32.2. The summed E-state index contributed by atoms with van der Waals surface area (Å²) < 4.78 is 0. The fourth-order valence-electron chi connectivity index (χ4n) is 4.29. The van der Waals surface area contributed by atoms with Crippen LogP contribution in [0.1, 0.15) is 45.6 Å². The molecule has 4 heteroatoms. The lowest BCUT2D eigenvalue weighted by Crippen LogP contribution is -2.33. The van der Waals surface area contributed by atoms with Crippen LogP contribution in [-0.2, 0) is 0 Å². The van der Waals surface area contributed by atoms with E-state index in [1.807, 2.05) is 18.2 Å². The zero-order valence-corrected chi connectivity index (χ0v) is 14.8. The second-order valence-electron chi connectivity index (χ2n) is 7.57. The van der Waals surface area contributed by atoms with Gasteiger partial charge >= 0.3 is 0 Å². The van der Waals surface area contributed by atoms with E-state index in [1.165, 1.54) is 18.6 Å². The maximum Gasteiger partial charge on any atom is 0.210 e. The molecule has 1 aromatic rings. The number of thioether (sulfide) groups is 1. The average Bonchev–Trinajstić information content (AvgIpc) is 2.90. The summed E-state index contributed by atoms with van der Waals surface area (Å²) >= 11 is 1.62. The third-order valence-electron chi connectivity index (χ3n) is 6.38. The number of rotatable bonds is 1. The van der Waals surface area contributed by atoms with Crippen LogP contribution in [0.3, 0.4) is 0 Å². The van der Waals surface area contributed by atoms with Crippen LogP contribution >= 0.6 is 11.8 Å². The van der Waals surface area contributed by atoms with Gasteiger partial charge in [0.15, 0.2) is 0 Å². The lowest BCUT2D eigenvalue weighted by molar-refractivity contribution is 0.194. The Hall–Kier alpha value is -1.55. The monoisotopic (exact) mass is 325 g/mol. The van der Waals surface area contributed by atoms with Crippen LogP contribution in [0.25, 0.3) is 5.70 Å². The van der Waals surface area contributed by atoms with Gasteiger partial charge in [0.1, 0.15) is 0 Å². The standard InChI is InChI=1S/C19H23N3S/c1-18(2)14-9-10-19(18,3)16(11-14)20-17-22-21-15(12-23-17)13-7-5-4-6-8-13/h4-8,12,14,21H,9-11H2,1-3H3/t14-,19+/m0/s1. The first kappa shape index (κ1) is 15.0. The van der Waals surface area contributed by atoms with Gasteiger partial charge in [0.05, 0.1) is 5.70 Å². The molecule has 0 radical (unpaired) electrons. The van der Waals surface area contributed by atoms with E-state index >= 15 is 0 Å².